The van der Waals surface area contributed by atoms with E-state index < -0.39 is 0 Å². The Kier molecular flexibility index (Phi) is 5.65. The van der Waals surface area contributed by atoms with E-state index >= 15 is 0 Å². The monoisotopic (exact) mass is 315 g/mol. The highest BCUT2D eigenvalue weighted by Gasteiger charge is 2.32. The Morgan fingerprint density at radius 3 is 2.52 bits per heavy atom. The molecule has 0 unspecified atom stereocenters. The molecule has 2 heterocycles. The topological polar surface area (TPSA) is 36.4 Å². The zero-order chi connectivity index (χ0) is 16.1. The number of nitrogens with zero attached hydrogens (tertiary/aromatic N) is 3. The van der Waals surface area contributed by atoms with Crippen molar-refractivity contribution in [2.24, 2.45) is 5.92 Å². The summed E-state index contributed by atoms with van der Waals surface area (Å²) in [6.07, 6.45) is 10.5. The smallest absolute Gasteiger partial charge is 0.222 e. The average Bonchev–Trinajstić information content (AvgIpc) is 3.42. The van der Waals surface area contributed by atoms with Gasteiger partial charge in [-0.3, -0.25) is 9.78 Å². The fraction of sp³-hybridized carbons (Fsp3) is 0.684. The average molecular weight is 315 g/mol. The maximum Gasteiger partial charge on any atom is 0.222 e. The second-order valence-corrected chi connectivity index (χ2v) is 6.99. The molecule has 126 valence electrons. The van der Waals surface area contributed by atoms with Crippen LogP contribution >= 0.6 is 0 Å². The van der Waals surface area contributed by atoms with E-state index in [1.54, 1.807) is 0 Å². The molecule has 0 N–H and O–H groups in total. The van der Waals surface area contributed by atoms with Gasteiger partial charge in [-0.05, 0) is 75.7 Å². The van der Waals surface area contributed by atoms with Crippen molar-refractivity contribution in [3.8, 4) is 0 Å². The summed E-state index contributed by atoms with van der Waals surface area (Å²) in [5.41, 5.74) is 1.25. The molecule has 1 saturated carbocycles. The van der Waals surface area contributed by atoms with E-state index in [0.29, 0.717) is 11.8 Å². The summed E-state index contributed by atoms with van der Waals surface area (Å²) in [6, 6.07) is 4.94. The number of amides is 1. The lowest BCUT2D eigenvalue weighted by Crippen LogP contribution is -2.38. The van der Waals surface area contributed by atoms with Crippen molar-refractivity contribution >= 4 is 5.91 Å². The van der Waals surface area contributed by atoms with Gasteiger partial charge in [0.05, 0.1) is 0 Å². The third-order valence-corrected chi connectivity index (χ3v) is 5.33. The summed E-state index contributed by atoms with van der Waals surface area (Å²) in [4.78, 5) is 21.3. The quantitative estimate of drug-likeness (QED) is 0.776. The van der Waals surface area contributed by atoms with Gasteiger partial charge in [0.15, 0.2) is 0 Å². The Morgan fingerprint density at radius 1 is 1.22 bits per heavy atom. The van der Waals surface area contributed by atoms with Gasteiger partial charge in [0.25, 0.3) is 0 Å². The van der Waals surface area contributed by atoms with Gasteiger partial charge in [0, 0.05) is 37.9 Å². The second-order valence-electron chi connectivity index (χ2n) is 6.99. The summed E-state index contributed by atoms with van der Waals surface area (Å²) >= 11 is 0. The van der Waals surface area contributed by atoms with Crippen LogP contribution in [0.4, 0.5) is 0 Å². The zero-order valence-electron chi connectivity index (χ0n) is 14.3. The molecule has 0 atom stereocenters. The molecule has 2 fully saturated rings. The van der Waals surface area contributed by atoms with E-state index in [1.807, 2.05) is 29.4 Å². The molecular weight excluding hydrogens is 286 g/mol. The van der Waals surface area contributed by atoms with Crippen LogP contribution in [0.3, 0.4) is 0 Å². The molecule has 2 aliphatic rings. The molecule has 1 aliphatic carbocycles. The van der Waals surface area contributed by atoms with Gasteiger partial charge >= 0.3 is 0 Å². The number of carbonyl (C=O) groups excluding carboxylic acids is 1. The molecule has 1 aromatic heterocycles. The highest BCUT2D eigenvalue weighted by Crippen LogP contribution is 2.31. The van der Waals surface area contributed by atoms with E-state index in [4.69, 9.17) is 0 Å². The summed E-state index contributed by atoms with van der Waals surface area (Å²) in [6.45, 7) is 6.11. The maximum absolute atomic E-state index is 12.6. The number of pyridine rings is 1. The zero-order valence-corrected chi connectivity index (χ0v) is 14.3. The summed E-state index contributed by atoms with van der Waals surface area (Å²) in [5.74, 6) is 0.930. The number of likely N-dealkylation sites (N-methyl/N-ethyl adjacent to an activating group) is 1. The number of piperidine rings is 1. The molecule has 3 rings (SSSR count). The van der Waals surface area contributed by atoms with Gasteiger partial charge in [0.2, 0.25) is 5.91 Å². The molecule has 23 heavy (non-hydrogen) atoms. The first-order valence-electron chi connectivity index (χ1n) is 9.17. The van der Waals surface area contributed by atoms with Crippen LogP contribution in [-0.2, 0) is 11.2 Å². The van der Waals surface area contributed by atoms with Crippen molar-refractivity contribution in [3.63, 3.8) is 0 Å². The van der Waals surface area contributed by atoms with E-state index in [-0.39, 0.29) is 0 Å². The minimum atomic E-state index is 0.339. The fourth-order valence-electron chi connectivity index (χ4n) is 3.61. The molecule has 4 heteroatoms. The van der Waals surface area contributed by atoms with Crippen molar-refractivity contribution in [2.75, 3.05) is 26.2 Å². The second kappa shape index (κ2) is 7.91. The molecular formula is C19H29N3O. The number of hydrogen-bond donors (Lipinski definition) is 0. The first-order valence-corrected chi connectivity index (χ1v) is 9.17. The minimum Gasteiger partial charge on any atom is -0.343 e. The summed E-state index contributed by atoms with van der Waals surface area (Å²) in [7, 11) is 0. The Hall–Kier alpha value is -1.42. The number of hydrogen-bond acceptors (Lipinski definition) is 3. The van der Waals surface area contributed by atoms with Gasteiger partial charge in [-0.1, -0.05) is 0 Å². The lowest BCUT2D eigenvalue weighted by Gasteiger charge is -2.32. The third-order valence-electron chi connectivity index (χ3n) is 5.33. The SMILES string of the molecule is CCN(CCc1ccncc1)C(=O)CC1CCN(C2CC2)CC1. The van der Waals surface area contributed by atoms with Crippen molar-refractivity contribution in [2.45, 2.75) is 51.5 Å². The van der Waals surface area contributed by atoms with Crippen LogP contribution in [0.2, 0.25) is 0 Å². The standard InChI is InChI=1S/C19H29N3O/c1-2-21(12-7-16-5-10-20-11-6-16)19(23)15-17-8-13-22(14-9-17)18-3-4-18/h5-6,10-11,17-18H,2-4,7-9,12-15H2,1H3. The Balaban J connectivity index is 1.42. The number of carbonyl (C=O) groups is 1. The largest absolute Gasteiger partial charge is 0.343 e. The lowest BCUT2D eigenvalue weighted by molar-refractivity contribution is -0.132. The van der Waals surface area contributed by atoms with Crippen LogP contribution in [0.5, 0.6) is 0 Å². The minimum absolute atomic E-state index is 0.339. The van der Waals surface area contributed by atoms with Crippen molar-refractivity contribution in [1.82, 2.24) is 14.8 Å². The molecule has 1 aromatic rings. The Bertz CT molecular complexity index is 493. The Labute approximate surface area is 139 Å². The molecule has 4 nitrogen and oxygen atoms in total. The van der Waals surface area contributed by atoms with Crippen LogP contribution in [0.25, 0.3) is 0 Å². The summed E-state index contributed by atoms with van der Waals surface area (Å²) < 4.78 is 0. The molecule has 0 bridgehead atoms. The molecule has 1 amide bonds. The highest BCUT2D eigenvalue weighted by atomic mass is 16.2. The van der Waals surface area contributed by atoms with E-state index in [9.17, 15) is 4.79 Å². The Morgan fingerprint density at radius 2 is 1.91 bits per heavy atom. The van der Waals surface area contributed by atoms with Crippen molar-refractivity contribution < 1.29 is 4.79 Å². The van der Waals surface area contributed by atoms with E-state index in [0.717, 1.165) is 32.0 Å². The number of rotatable bonds is 7. The van der Waals surface area contributed by atoms with Gasteiger partial charge in [-0.25, -0.2) is 0 Å². The van der Waals surface area contributed by atoms with E-state index in [2.05, 4.69) is 16.8 Å². The molecule has 0 aromatic carbocycles. The van der Waals surface area contributed by atoms with E-state index in [1.165, 1.54) is 44.3 Å². The fourth-order valence-corrected chi connectivity index (χ4v) is 3.61. The van der Waals surface area contributed by atoms with Gasteiger partial charge in [0.1, 0.15) is 0 Å². The van der Waals surface area contributed by atoms with Gasteiger partial charge < -0.3 is 9.80 Å². The first kappa shape index (κ1) is 16.4. The third kappa shape index (κ3) is 4.77. The van der Waals surface area contributed by atoms with Gasteiger partial charge in [-0.2, -0.15) is 0 Å². The molecule has 0 spiro atoms. The van der Waals surface area contributed by atoms with Crippen LogP contribution in [0.1, 0.15) is 44.6 Å². The summed E-state index contributed by atoms with van der Waals surface area (Å²) in [5, 5.41) is 0. The number of aromatic nitrogens is 1. The highest BCUT2D eigenvalue weighted by molar-refractivity contribution is 5.76. The van der Waals surface area contributed by atoms with Crippen LogP contribution in [-0.4, -0.2) is 52.9 Å². The normalized spacial score (nSPS) is 19.7. The van der Waals surface area contributed by atoms with Crippen molar-refractivity contribution in [3.05, 3.63) is 30.1 Å². The van der Waals surface area contributed by atoms with Crippen LogP contribution in [0.15, 0.2) is 24.5 Å². The predicted octanol–water partition coefficient (Wildman–Crippen LogP) is 2.74. The lowest BCUT2D eigenvalue weighted by atomic mass is 9.93. The maximum atomic E-state index is 12.6. The predicted molar refractivity (Wildman–Crippen MR) is 92.1 cm³/mol. The number of likely N-dealkylation sites (tertiary alicyclic amines) is 1. The van der Waals surface area contributed by atoms with Crippen molar-refractivity contribution in [1.29, 1.82) is 0 Å². The molecule has 1 aliphatic heterocycles. The van der Waals surface area contributed by atoms with Crippen LogP contribution in [0, 0.1) is 5.92 Å². The van der Waals surface area contributed by atoms with Crippen LogP contribution < -0.4 is 0 Å². The molecule has 0 radical (unpaired) electrons. The van der Waals surface area contributed by atoms with Gasteiger partial charge in [-0.15, -0.1) is 0 Å². The molecule has 1 saturated heterocycles. The first-order chi connectivity index (χ1) is 11.3.